The minimum absolute atomic E-state index is 0.699. The summed E-state index contributed by atoms with van der Waals surface area (Å²) < 4.78 is 5.11. The second kappa shape index (κ2) is 8.34. The van der Waals surface area contributed by atoms with Crippen molar-refractivity contribution in [2.24, 2.45) is 21.1 Å². The van der Waals surface area contributed by atoms with Crippen LogP contribution in [0.2, 0.25) is 0 Å². The van der Waals surface area contributed by atoms with E-state index in [2.05, 4.69) is 45.9 Å². The summed E-state index contributed by atoms with van der Waals surface area (Å²) in [6.45, 7) is 0. The molecule has 0 saturated heterocycles. The third kappa shape index (κ3) is 3.92. The molecule has 6 aromatic rings. The SMILES string of the molecule is Cn1nnc2ccncc21.Cn1nnc2cnccc21.Cn1nnc2ncccc21. The summed E-state index contributed by atoms with van der Waals surface area (Å²) in [7, 11) is 5.54. The average molecular weight is 402 g/mol. The molecule has 30 heavy (non-hydrogen) atoms. The molecular weight excluding hydrogens is 384 g/mol. The van der Waals surface area contributed by atoms with Gasteiger partial charge < -0.3 is 0 Å². The third-order valence-corrected chi connectivity index (χ3v) is 4.21. The van der Waals surface area contributed by atoms with Crippen LogP contribution in [0.15, 0.2) is 55.2 Å². The van der Waals surface area contributed by atoms with Gasteiger partial charge in [-0.1, -0.05) is 15.6 Å². The molecule has 0 aromatic carbocycles. The molecule has 0 spiro atoms. The van der Waals surface area contributed by atoms with E-state index in [0.29, 0.717) is 5.65 Å². The quantitative estimate of drug-likeness (QED) is 0.366. The van der Waals surface area contributed by atoms with Gasteiger partial charge in [0.1, 0.15) is 22.1 Å². The third-order valence-electron chi connectivity index (χ3n) is 4.21. The Kier molecular flexibility index (Phi) is 5.28. The largest absolute Gasteiger partial charge is 0.262 e. The molecule has 0 aliphatic rings. The van der Waals surface area contributed by atoms with Crippen molar-refractivity contribution in [1.82, 2.24) is 59.9 Å². The summed E-state index contributed by atoms with van der Waals surface area (Å²) in [5.41, 5.74) is 5.35. The van der Waals surface area contributed by atoms with E-state index in [1.54, 1.807) is 45.0 Å². The minimum atomic E-state index is 0.699. The molecule has 0 saturated carbocycles. The Morgan fingerprint density at radius 2 is 1.27 bits per heavy atom. The molecule has 12 nitrogen and oxygen atoms in total. The molecule has 0 amide bonds. The van der Waals surface area contributed by atoms with Gasteiger partial charge in [0.05, 0.1) is 17.9 Å². The Morgan fingerprint density at radius 1 is 0.600 bits per heavy atom. The average Bonchev–Trinajstić information content (AvgIpc) is 3.48. The van der Waals surface area contributed by atoms with Gasteiger partial charge in [0.25, 0.3) is 0 Å². The van der Waals surface area contributed by atoms with Crippen molar-refractivity contribution in [3.8, 4) is 0 Å². The fourth-order valence-electron chi connectivity index (χ4n) is 2.64. The smallest absolute Gasteiger partial charge is 0.201 e. The van der Waals surface area contributed by atoms with Crippen LogP contribution in [0, 0.1) is 0 Å². The zero-order chi connectivity index (χ0) is 20.9. The number of rotatable bonds is 0. The summed E-state index contributed by atoms with van der Waals surface area (Å²) in [6.07, 6.45) is 8.58. The Hall–Kier alpha value is -4.35. The van der Waals surface area contributed by atoms with Crippen molar-refractivity contribution >= 4 is 33.2 Å². The highest BCUT2D eigenvalue weighted by molar-refractivity contribution is 5.72. The van der Waals surface area contributed by atoms with Crippen molar-refractivity contribution in [3.05, 3.63) is 55.2 Å². The molecular formula is C18H18N12. The summed E-state index contributed by atoms with van der Waals surface area (Å²) in [4.78, 5) is 11.9. The first-order valence-electron chi connectivity index (χ1n) is 8.92. The second-order valence-electron chi connectivity index (χ2n) is 6.21. The Bertz CT molecular complexity index is 1230. The summed E-state index contributed by atoms with van der Waals surface area (Å²) in [5.74, 6) is 0. The Morgan fingerprint density at radius 3 is 2.03 bits per heavy atom. The van der Waals surface area contributed by atoms with Crippen LogP contribution < -0.4 is 0 Å². The second-order valence-corrected chi connectivity index (χ2v) is 6.21. The summed E-state index contributed by atoms with van der Waals surface area (Å²) in [5, 5.41) is 23.0. The van der Waals surface area contributed by atoms with Crippen LogP contribution >= 0.6 is 0 Å². The predicted molar refractivity (Wildman–Crippen MR) is 109 cm³/mol. The maximum atomic E-state index is 4.01. The van der Waals surface area contributed by atoms with Gasteiger partial charge in [0.2, 0.25) is 5.65 Å². The topological polar surface area (TPSA) is 131 Å². The van der Waals surface area contributed by atoms with E-state index in [-0.39, 0.29) is 0 Å². The van der Waals surface area contributed by atoms with Crippen molar-refractivity contribution in [3.63, 3.8) is 0 Å². The highest BCUT2D eigenvalue weighted by atomic mass is 15.4. The van der Waals surface area contributed by atoms with Crippen molar-refractivity contribution < 1.29 is 0 Å². The van der Waals surface area contributed by atoms with Gasteiger partial charge in [-0.05, 0) is 24.3 Å². The fraction of sp³-hybridized carbons (Fsp3) is 0.167. The first-order chi connectivity index (χ1) is 14.6. The molecule has 0 radical (unpaired) electrons. The number of aromatic nitrogens is 12. The molecule has 6 aromatic heterocycles. The van der Waals surface area contributed by atoms with Gasteiger partial charge >= 0.3 is 0 Å². The predicted octanol–water partition coefficient (Wildman–Crippen LogP) is 1.09. The first kappa shape index (κ1) is 19.0. The Balaban J connectivity index is 0.000000109. The fourth-order valence-corrected chi connectivity index (χ4v) is 2.64. The van der Waals surface area contributed by atoms with Gasteiger partial charge in [0.15, 0.2) is 0 Å². The number of pyridine rings is 3. The van der Waals surface area contributed by atoms with Crippen LogP contribution in [-0.2, 0) is 21.1 Å². The standard InChI is InChI=1S/3C6H6N4/c1-10-6-2-3-7-4-5(6)8-9-10;1-10-6-4-7-3-2-5(6)8-9-10;1-10-5-3-2-4-7-6(5)8-9-10/h3*2-4H,1H3. The van der Waals surface area contributed by atoms with E-state index in [0.717, 1.165) is 27.6 Å². The van der Waals surface area contributed by atoms with Crippen LogP contribution in [0.1, 0.15) is 0 Å². The molecule has 0 aliphatic carbocycles. The van der Waals surface area contributed by atoms with Crippen molar-refractivity contribution in [1.29, 1.82) is 0 Å². The van der Waals surface area contributed by atoms with E-state index in [1.807, 2.05) is 45.4 Å². The number of nitrogens with zero attached hydrogens (tertiary/aromatic N) is 12. The van der Waals surface area contributed by atoms with Crippen LogP contribution in [0.4, 0.5) is 0 Å². The lowest BCUT2D eigenvalue weighted by atomic mass is 10.4. The number of fused-ring (bicyclic) bond motifs is 3. The lowest BCUT2D eigenvalue weighted by Gasteiger charge is -1.86. The van der Waals surface area contributed by atoms with Gasteiger partial charge in [-0.2, -0.15) is 0 Å². The number of aryl methyl sites for hydroxylation is 3. The zero-order valence-corrected chi connectivity index (χ0v) is 16.6. The first-order valence-corrected chi connectivity index (χ1v) is 8.92. The van der Waals surface area contributed by atoms with Crippen LogP contribution in [0.3, 0.4) is 0 Å². The normalized spacial score (nSPS) is 10.5. The van der Waals surface area contributed by atoms with Crippen LogP contribution in [0.25, 0.3) is 33.2 Å². The Labute approximate surface area is 170 Å². The maximum absolute atomic E-state index is 4.01. The molecule has 0 bridgehead atoms. The summed E-state index contributed by atoms with van der Waals surface area (Å²) in [6, 6.07) is 7.52. The lowest BCUT2D eigenvalue weighted by Crippen LogP contribution is -1.89. The van der Waals surface area contributed by atoms with Gasteiger partial charge in [-0.15, -0.1) is 15.3 Å². The monoisotopic (exact) mass is 402 g/mol. The van der Waals surface area contributed by atoms with E-state index >= 15 is 0 Å². The minimum Gasteiger partial charge on any atom is -0.262 e. The molecule has 0 unspecified atom stereocenters. The van der Waals surface area contributed by atoms with E-state index in [4.69, 9.17) is 0 Å². The number of hydrogen-bond donors (Lipinski definition) is 0. The highest BCUT2D eigenvalue weighted by Crippen LogP contribution is 2.06. The highest BCUT2D eigenvalue weighted by Gasteiger charge is 1.98. The molecule has 0 fully saturated rings. The van der Waals surface area contributed by atoms with Gasteiger partial charge in [-0.3, -0.25) is 9.97 Å². The molecule has 0 atom stereocenters. The van der Waals surface area contributed by atoms with Crippen molar-refractivity contribution in [2.45, 2.75) is 0 Å². The zero-order valence-electron chi connectivity index (χ0n) is 16.6. The van der Waals surface area contributed by atoms with E-state index in [9.17, 15) is 0 Å². The molecule has 6 rings (SSSR count). The molecule has 12 heteroatoms. The van der Waals surface area contributed by atoms with Crippen LogP contribution in [0.5, 0.6) is 0 Å². The molecule has 150 valence electrons. The summed E-state index contributed by atoms with van der Waals surface area (Å²) >= 11 is 0. The maximum Gasteiger partial charge on any atom is 0.201 e. The molecule has 6 heterocycles. The molecule has 0 aliphatic heterocycles. The van der Waals surface area contributed by atoms with Crippen LogP contribution in [-0.4, -0.2) is 59.9 Å². The number of hydrogen-bond acceptors (Lipinski definition) is 9. The van der Waals surface area contributed by atoms with E-state index in [1.165, 1.54) is 0 Å². The van der Waals surface area contributed by atoms with Gasteiger partial charge in [0, 0.05) is 39.7 Å². The van der Waals surface area contributed by atoms with Gasteiger partial charge in [-0.25, -0.2) is 19.0 Å². The molecule has 0 N–H and O–H groups in total. The van der Waals surface area contributed by atoms with E-state index < -0.39 is 0 Å². The lowest BCUT2D eigenvalue weighted by molar-refractivity contribution is 0.735. The van der Waals surface area contributed by atoms with Crippen molar-refractivity contribution in [2.75, 3.05) is 0 Å².